The van der Waals surface area contributed by atoms with Crippen LogP contribution < -0.4 is 9.84 Å². The van der Waals surface area contributed by atoms with Gasteiger partial charge in [0.1, 0.15) is 12.3 Å². The third-order valence-corrected chi connectivity index (χ3v) is 9.05. The van der Waals surface area contributed by atoms with E-state index in [9.17, 15) is 9.90 Å². The van der Waals surface area contributed by atoms with Crippen LogP contribution in [0.5, 0.6) is 5.75 Å². The molecule has 5 heterocycles. The zero-order chi connectivity index (χ0) is 22.7. The maximum absolute atomic E-state index is 14.0. The fourth-order valence-electron chi connectivity index (χ4n) is 5.28. The standard InChI is InChI=1S/C26H29NO4S2/c28-25(26(29,23-9-4-17-32-23)24-10-5-18-33-24)31-22-19-27(14-11-20(22)12-15-27)13-6-16-30-21-7-2-1-3-8-21/h1-5,7-10,17-18,20,22H,6,11-16,19H2/t20?,22-,27?/m0/s1. The lowest BCUT2D eigenvalue weighted by atomic mass is 9.83. The van der Waals surface area contributed by atoms with Gasteiger partial charge in [0.2, 0.25) is 0 Å². The molecule has 0 spiro atoms. The topological polar surface area (TPSA) is 58.6 Å². The van der Waals surface area contributed by atoms with Gasteiger partial charge >= 0.3 is 5.97 Å². The molecule has 0 N–H and O–H groups in total. The first-order valence-electron chi connectivity index (χ1n) is 11.6. The molecule has 2 aromatic heterocycles. The van der Waals surface area contributed by atoms with Gasteiger partial charge < -0.3 is 19.1 Å². The van der Waals surface area contributed by atoms with Gasteiger partial charge in [-0.2, -0.15) is 0 Å². The Morgan fingerprint density at radius 2 is 1.67 bits per heavy atom. The number of esters is 1. The van der Waals surface area contributed by atoms with E-state index >= 15 is 0 Å². The quantitative estimate of drug-likeness (QED) is 0.262. The summed E-state index contributed by atoms with van der Waals surface area (Å²) in [5.41, 5.74) is -1.98. The van der Waals surface area contributed by atoms with Crippen LogP contribution in [0.4, 0.5) is 0 Å². The minimum atomic E-state index is -1.98. The molecule has 3 fully saturated rings. The predicted molar refractivity (Wildman–Crippen MR) is 128 cm³/mol. The number of nitrogens with zero attached hydrogens (tertiary/aromatic N) is 1. The molecular weight excluding hydrogens is 454 g/mol. The summed E-state index contributed by atoms with van der Waals surface area (Å²) in [4.78, 5) is 14.4. The molecule has 174 valence electrons. The van der Waals surface area contributed by atoms with Crippen molar-refractivity contribution in [3.8, 4) is 5.75 Å². The van der Waals surface area contributed by atoms with E-state index in [4.69, 9.17) is 9.47 Å². The van der Waals surface area contributed by atoms with Crippen molar-refractivity contribution in [3.05, 3.63) is 75.1 Å². The van der Waals surface area contributed by atoms with Crippen LogP contribution in [0.3, 0.4) is 0 Å². The number of hydrogen-bond acceptors (Lipinski definition) is 6. The number of thiophene rings is 2. The maximum atomic E-state index is 14.0. The van der Waals surface area contributed by atoms with E-state index in [0.29, 0.717) is 22.3 Å². The fraction of sp³-hybridized carbons (Fsp3) is 0.423. The van der Waals surface area contributed by atoms with Crippen LogP contribution in [-0.4, -0.2) is 49.3 Å². The number of fused-ring (bicyclic) bond motifs is 3. The number of piperidine rings is 3. The zero-order valence-corrected chi connectivity index (χ0v) is 20.2. The lowest BCUT2D eigenvalue weighted by Crippen LogP contribution is -2.65. The highest BCUT2D eigenvalue weighted by Gasteiger charge is 2.48. The highest BCUT2D eigenvalue weighted by molar-refractivity contribution is 7.12. The SMILES string of the molecule is O=C(O[C@H]1C[N+]2(CCCOc3ccccc3)CCC1CC2)C([O-])(c1cccs1)c1cccs1. The number of quaternary nitrogens is 1. The van der Waals surface area contributed by atoms with Crippen molar-refractivity contribution in [1.29, 1.82) is 0 Å². The molecular formula is C26H29NO4S2. The molecule has 33 heavy (non-hydrogen) atoms. The maximum Gasteiger partial charge on any atom is 0.306 e. The van der Waals surface area contributed by atoms with Gasteiger partial charge in [-0.1, -0.05) is 30.3 Å². The molecule has 0 amide bonds. The molecule has 6 rings (SSSR count). The Bertz CT molecular complexity index is 993. The lowest BCUT2D eigenvalue weighted by molar-refractivity contribution is -0.946. The van der Waals surface area contributed by atoms with E-state index in [1.807, 2.05) is 53.2 Å². The second kappa shape index (κ2) is 9.58. The van der Waals surface area contributed by atoms with Crippen LogP contribution in [0.2, 0.25) is 0 Å². The van der Waals surface area contributed by atoms with E-state index < -0.39 is 11.6 Å². The number of hydrogen-bond donors (Lipinski definition) is 0. The number of benzene rings is 1. The van der Waals surface area contributed by atoms with Gasteiger partial charge in [-0.15, -0.1) is 22.7 Å². The number of carbonyl (C=O) groups is 1. The van der Waals surface area contributed by atoms with E-state index in [1.54, 1.807) is 12.1 Å². The Morgan fingerprint density at radius 1 is 1.00 bits per heavy atom. The largest absolute Gasteiger partial charge is 0.833 e. The molecule has 0 radical (unpaired) electrons. The van der Waals surface area contributed by atoms with Crippen molar-refractivity contribution in [2.24, 2.45) is 5.92 Å². The van der Waals surface area contributed by atoms with Gasteiger partial charge in [-0.05, 0) is 35.0 Å². The highest BCUT2D eigenvalue weighted by atomic mass is 32.1. The summed E-state index contributed by atoms with van der Waals surface area (Å²) in [6.07, 6.45) is 2.85. The molecule has 0 aliphatic carbocycles. The normalized spacial score (nSPS) is 24.5. The Hall–Kier alpha value is -2.19. The minimum absolute atomic E-state index is 0.191. The van der Waals surface area contributed by atoms with Gasteiger partial charge in [0, 0.05) is 34.9 Å². The lowest BCUT2D eigenvalue weighted by Gasteiger charge is -2.52. The first-order chi connectivity index (χ1) is 16.1. The van der Waals surface area contributed by atoms with Crippen LogP contribution in [0.1, 0.15) is 29.0 Å². The Labute approximate surface area is 202 Å². The van der Waals surface area contributed by atoms with Crippen molar-refractivity contribution in [1.82, 2.24) is 0 Å². The Kier molecular flexibility index (Phi) is 6.56. The monoisotopic (exact) mass is 483 g/mol. The summed E-state index contributed by atoms with van der Waals surface area (Å²) >= 11 is 2.64. The Balaban J connectivity index is 1.24. The van der Waals surface area contributed by atoms with Crippen molar-refractivity contribution < 1.29 is 23.9 Å². The summed E-state index contributed by atoms with van der Waals surface area (Å²) in [7, 11) is 0. The molecule has 3 aliphatic rings. The molecule has 0 saturated carbocycles. The molecule has 5 nitrogen and oxygen atoms in total. The van der Waals surface area contributed by atoms with Gasteiger partial charge in [0.15, 0.2) is 6.10 Å². The zero-order valence-electron chi connectivity index (χ0n) is 18.6. The van der Waals surface area contributed by atoms with E-state index in [1.165, 1.54) is 22.7 Å². The first-order valence-corrected chi connectivity index (χ1v) is 13.4. The van der Waals surface area contributed by atoms with E-state index in [0.717, 1.165) is 55.7 Å². The Morgan fingerprint density at radius 3 is 2.27 bits per heavy atom. The highest BCUT2D eigenvalue weighted by Crippen LogP contribution is 2.39. The second-order valence-corrected chi connectivity index (χ2v) is 11.0. The summed E-state index contributed by atoms with van der Waals surface area (Å²) in [6, 6.07) is 17.0. The average molecular weight is 484 g/mol. The van der Waals surface area contributed by atoms with Crippen molar-refractivity contribution in [3.63, 3.8) is 0 Å². The third-order valence-electron chi connectivity index (χ3n) is 7.11. The molecule has 2 bridgehead atoms. The second-order valence-electron chi connectivity index (χ2n) is 9.13. The van der Waals surface area contributed by atoms with E-state index in [-0.39, 0.29) is 6.10 Å². The molecule has 3 aliphatic heterocycles. The first kappa shape index (κ1) is 22.6. The van der Waals surface area contributed by atoms with Crippen LogP contribution in [-0.2, 0) is 15.1 Å². The molecule has 0 unspecified atom stereocenters. The minimum Gasteiger partial charge on any atom is -0.833 e. The van der Waals surface area contributed by atoms with Gasteiger partial charge in [-0.3, -0.25) is 4.79 Å². The van der Waals surface area contributed by atoms with Gasteiger partial charge in [0.25, 0.3) is 0 Å². The molecule has 3 aromatic rings. The summed E-state index contributed by atoms with van der Waals surface area (Å²) in [5, 5.41) is 17.6. The predicted octanol–water partition coefficient (Wildman–Crippen LogP) is 4.03. The van der Waals surface area contributed by atoms with Crippen LogP contribution in [0.15, 0.2) is 65.4 Å². The van der Waals surface area contributed by atoms with Crippen LogP contribution in [0.25, 0.3) is 0 Å². The van der Waals surface area contributed by atoms with Crippen molar-refractivity contribution in [2.75, 3.05) is 32.8 Å². The van der Waals surface area contributed by atoms with Crippen molar-refractivity contribution >= 4 is 28.6 Å². The van der Waals surface area contributed by atoms with Crippen LogP contribution in [0, 0.1) is 5.92 Å². The molecule has 1 atom stereocenters. The molecule has 7 heteroatoms. The van der Waals surface area contributed by atoms with Gasteiger partial charge in [0.05, 0.1) is 31.8 Å². The third kappa shape index (κ3) is 4.60. The number of rotatable bonds is 9. The average Bonchev–Trinajstić information content (AvgIpc) is 3.58. The van der Waals surface area contributed by atoms with Gasteiger partial charge in [-0.25, -0.2) is 0 Å². The van der Waals surface area contributed by atoms with Crippen LogP contribution >= 0.6 is 22.7 Å². The summed E-state index contributed by atoms with van der Waals surface area (Å²) in [6.45, 7) is 4.71. The summed E-state index contributed by atoms with van der Waals surface area (Å²) in [5.74, 6) is 0.595. The smallest absolute Gasteiger partial charge is 0.306 e. The fourth-order valence-corrected chi connectivity index (χ4v) is 6.98. The molecule has 3 saturated heterocycles. The molecule has 1 aromatic carbocycles. The van der Waals surface area contributed by atoms with E-state index in [2.05, 4.69) is 0 Å². The summed E-state index contributed by atoms with van der Waals surface area (Å²) < 4.78 is 12.9. The number of carbonyl (C=O) groups excluding carboxylic acids is 1. The van der Waals surface area contributed by atoms with Crippen molar-refractivity contribution in [2.45, 2.75) is 31.0 Å². The number of ether oxygens (including phenoxy) is 2. The number of para-hydroxylation sites is 1.